The Morgan fingerprint density at radius 3 is 2.46 bits per heavy atom. The van der Waals surface area contributed by atoms with Crippen molar-refractivity contribution < 1.29 is 8.78 Å². The van der Waals surface area contributed by atoms with Gasteiger partial charge < -0.3 is 0 Å². The lowest BCUT2D eigenvalue weighted by atomic mass is 10.0. The van der Waals surface area contributed by atoms with E-state index in [-0.39, 0.29) is 12.6 Å². The summed E-state index contributed by atoms with van der Waals surface area (Å²) in [5.74, 6) is 0.505. The quantitative estimate of drug-likeness (QED) is 0.734. The van der Waals surface area contributed by atoms with Crippen LogP contribution >= 0.6 is 0 Å². The molecule has 0 aromatic heterocycles. The van der Waals surface area contributed by atoms with Crippen molar-refractivity contribution in [3.8, 4) is 0 Å². The summed E-state index contributed by atoms with van der Waals surface area (Å²) in [6, 6.07) is 0.579. The SMILES string of the molecule is CC(C)C1CC(C)N(CC(F)F)N1. The molecule has 1 heterocycles. The van der Waals surface area contributed by atoms with Crippen molar-refractivity contribution in [2.75, 3.05) is 6.54 Å². The smallest absolute Gasteiger partial charge is 0.251 e. The highest BCUT2D eigenvalue weighted by atomic mass is 19.3. The minimum atomic E-state index is -2.25. The molecule has 0 aromatic rings. The molecule has 0 bridgehead atoms. The lowest BCUT2D eigenvalue weighted by Crippen LogP contribution is -2.42. The summed E-state index contributed by atoms with van der Waals surface area (Å²) in [4.78, 5) is 0. The summed E-state index contributed by atoms with van der Waals surface area (Å²) in [5, 5.41) is 1.66. The summed E-state index contributed by atoms with van der Waals surface area (Å²) in [6.45, 7) is 6.04. The number of hydrazine groups is 1. The van der Waals surface area contributed by atoms with Crippen LogP contribution in [0, 0.1) is 5.92 Å². The predicted molar refractivity (Wildman–Crippen MR) is 48.6 cm³/mol. The molecule has 4 heteroatoms. The van der Waals surface area contributed by atoms with Gasteiger partial charge in [-0.15, -0.1) is 0 Å². The molecule has 0 radical (unpaired) electrons. The van der Waals surface area contributed by atoms with Gasteiger partial charge in [0.1, 0.15) is 0 Å². The molecule has 0 saturated carbocycles. The molecule has 1 aliphatic rings. The number of nitrogens with zero attached hydrogens (tertiary/aromatic N) is 1. The van der Waals surface area contributed by atoms with Gasteiger partial charge in [-0.2, -0.15) is 0 Å². The van der Waals surface area contributed by atoms with E-state index in [0.717, 1.165) is 6.42 Å². The molecule has 1 fully saturated rings. The lowest BCUT2D eigenvalue weighted by Gasteiger charge is -2.21. The third-order valence-electron chi connectivity index (χ3n) is 2.60. The Bertz CT molecular complexity index is 162. The van der Waals surface area contributed by atoms with Crippen LogP contribution < -0.4 is 5.43 Å². The number of alkyl halides is 2. The molecule has 0 aliphatic carbocycles. The normalized spacial score (nSPS) is 30.7. The largest absolute Gasteiger partial charge is 0.252 e. The average molecular weight is 192 g/mol. The monoisotopic (exact) mass is 192 g/mol. The van der Waals surface area contributed by atoms with Gasteiger partial charge in [-0.3, -0.25) is 5.43 Å². The Morgan fingerprint density at radius 1 is 1.46 bits per heavy atom. The predicted octanol–water partition coefficient (Wildman–Crippen LogP) is 1.87. The third-order valence-corrected chi connectivity index (χ3v) is 2.60. The molecule has 1 saturated heterocycles. The first-order valence-electron chi connectivity index (χ1n) is 4.81. The first-order chi connectivity index (χ1) is 6.00. The van der Waals surface area contributed by atoms with Crippen LogP contribution in [0.4, 0.5) is 8.78 Å². The van der Waals surface area contributed by atoms with E-state index in [9.17, 15) is 8.78 Å². The zero-order chi connectivity index (χ0) is 10.0. The number of rotatable bonds is 3. The van der Waals surface area contributed by atoms with E-state index in [1.54, 1.807) is 5.01 Å². The number of nitrogens with one attached hydrogen (secondary N) is 1. The fraction of sp³-hybridized carbons (Fsp3) is 1.00. The Labute approximate surface area is 78.3 Å². The third kappa shape index (κ3) is 2.88. The van der Waals surface area contributed by atoms with E-state index >= 15 is 0 Å². The molecular formula is C9H18F2N2. The van der Waals surface area contributed by atoms with Gasteiger partial charge in [-0.25, -0.2) is 13.8 Å². The summed E-state index contributed by atoms with van der Waals surface area (Å²) < 4.78 is 24.2. The summed E-state index contributed by atoms with van der Waals surface area (Å²) >= 11 is 0. The van der Waals surface area contributed by atoms with Crippen molar-refractivity contribution in [3.63, 3.8) is 0 Å². The second kappa shape index (κ2) is 4.33. The fourth-order valence-corrected chi connectivity index (χ4v) is 1.69. The van der Waals surface area contributed by atoms with E-state index in [0.29, 0.717) is 12.0 Å². The second-order valence-electron chi connectivity index (χ2n) is 4.11. The number of hydrogen-bond acceptors (Lipinski definition) is 2. The van der Waals surface area contributed by atoms with Gasteiger partial charge in [0.25, 0.3) is 6.43 Å². The van der Waals surface area contributed by atoms with E-state index < -0.39 is 6.43 Å². The Morgan fingerprint density at radius 2 is 2.08 bits per heavy atom. The van der Waals surface area contributed by atoms with Crippen LogP contribution in [-0.4, -0.2) is 30.1 Å². The Kier molecular flexibility index (Phi) is 3.62. The molecule has 0 spiro atoms. The van der Waals surface area contributed by atoms with Crippen LogP contribution in [0.25, 0.3) is 0 Å². The molecule has 1 aliphatic heterocycles. The van der Waals surface area contributed by atoms with Crippen LogP contribution in [-0.2, 0) is 0 Å². The summed E-state index contributed by atoms with van der Waals surface area (Å²) in [7, 11) is 0. The van der Waals surface area contributed by atoms with Crippen molar-refractivity contribution in [3.05, 3.63) is 0 Å². The number of hydrogen-bond donors (Lipinski definition) is 1. The lowest BCUT2D eigenvalue weighted by molar-refractivity contribution is 0.0573. The highest BCUT2D eigenvalue weighted by Crippen LogP contribution is 2.20. The fourth-order valence-electron chi connectivity index (χ4n) is 1.69. The van der Waals surface area contributed by atoms with Gasteiger partial charge in [-0.1, -0.05) is 13.8 Å². The highest BCUT2D eigenvalue weighted by Gasteiger charge is 2.31. The topological polar surface area (TPSA) is 15.3 Å². The van der Waals surface area contributed by atoms with Crippen molar-refractivity contribution in [2.24, 2.45) is 5.92 Å². The minimum absolute atomic E-state index is 0.162. The van der Waals surface area contributed by atoms with Crippen molar-refractivity contribution >= 4 is 0 Å². The van der Waals surface area contributed by atoms with E-state index in [4.69, 9.17) is 0 Å². The maximum absolute atomic E-state index is 12.1. The van der Waals surface area contributed by atoms with Gasteiger partial charge in [0.2, 0.25) is 0 Å². The van der Waals surface area contributed by atoms with E-state index in [1.165, 1.54) is 0 Å². The number of halogens is 2. The molecule has 2 atom stereocenters. The van der Waals surface area contributed by atoms with Crippen molar-refractivity contribution in [1.29, 1.82) is 0 Å². The zero-order valence-electron chi connectivity index (χ0n) is 8.43. The van der Waals surface area contributed by atoms with Crippen LogP contribution in [0.2, 0.25) is 0 Å². The average Bonchev–Trinajstić information content (AvgIpc) is 2.31. The maximum atomic E-state index is 12.1. The second-order valence-corrected chi connectivity index (χ2v) is 4.11. The van der Waals surface area contributed by atoms with E-state index in [1.807, 2.05) is 6.92 Å². The van der Waals surface area contributed by atoms with Gasteiger partial charge in [-0.05, 0) is 19.3 Å². The van der Waals surface area contributed by atoms with Crippen LogP contribution in [0.1, 0.15) is 27.2 Å². The Hall–Kier alpha value is -0.220. The molecule has 0 aromatic carbocycles. The van der Waals surface area contributed by atoms with Crippen molar-refractivity contribution in [1.82, 2.24) is 10.4 Å². The molecular weight excluding hydrogens is 174 g/mol. The molecule has 13 heavy (non-hydrogen) atoms. The Balaban J connectivity index is 2.42. The van der Waals surface area contributed by atoms with Crippen molar-refractivity contribution in [2.45, 2.75) is 45.7 Å². The molecule has 1 rings (SSSR count). The standard InChI is InChI=1S/C9H18F2N2/c1-6(2)8-4-7(3)13(12-8)5-9(10)11/h6-9,12H,4-5H2,1-3H3. The van der Waals surface area contributed by atoms with E-state index in [2.05, 4.69) is 19.3 Å². The summed E-state index contributed by atoms with van der Waals surface area (Å²) in [6.07, 6.45) is -1.29. The molecule has 0 amide bonds. The molecule has 2 nitrogen and oxygen atoms in total. The van der Waals surface area contributed by atoms with Gasteiger partial charge in [0.15, 0.2) is 0 Å². The van der Waals surface area contributed by atoms with Gasteiger partial charge in [0.05, 0.1) is 6.54 Å². The van der Waals surface area contributed by atoms with Gasteiger partial charge in [0, 0.05) is 12.1 Å². The maximum Gasteiger partial charge on any atom is 0.252 e. The first kappa shape index (κ1) is 10.9. The van der Waals surface area contributed by atoms with Crippen LogP contribution in [0.5, 0.6) is 0 Å². The highest BCUT2D eigenvalue weighted by molar-refractivity contribution is 4.83. The zero-order valence-corrected chi connectivity index (χ0v) is 8.43. The van der Waals surface area contributed by atoms with Crippen LogP contribution in [0.15, 0.2) is 0 Å². The molecule has 1 N–H and O–H groups in total. The first-order valence-corrected chi connectivity index (χ1v) is 4.81. The molecule has 2 unspecified atom stereocenters. The molecule has 78 valence electrons. The minimum Gasteiger partial charge on any atom is -0.251 e. The van der Waals surface area contributed by atoms with Crippen LogP contribution in [0.3, 0.4) is 0 Å². The van der Waals surface area contributed by atoms with Gasteiger partial charge >= 0.3 is 0 Å². The summed E-state index contributed by atoms with van der Waals surface area (Å²) in [5.41, 5.74) is 3.12.